The molecule has 1 heterocycles. The molecule has 4 heteroatoms. The van der Waals surface area contributed by atoms with E-state index in [0.717, 1.165) is 29.8 Å². The van der Waals surface area contributed by atoms with Crippen molar-refractivity contribution in [2.75, 3.05) is 0 Å². The van der Waals surface area contributed by atoms with Crippen LogP contribution in [0.3, 0.4) is 0 Å². The molecule has 3 rings (SSSR count). The van der Waals surface area contributed by atoms with Gasteiger partial charge in [0.15, 0.2) is 0 Å². The zero-order chi connectivity index (χ0) is 14.5. The lowest BCUT2D eigenvalue weighted by Gasteiger charge is -2.34. The third-order valence-electron chi connectivity index (χ3n) is 3.96. The summed E-state index contributed by atoms with van der Waals surface area (Å²) in [6, 6.07) is 6.95. The maximum Gasteiger partial charge on any atom is 0.137 e. The maximum absolute atomic E-state index is 13.4. The van der Waals surface area contributed by atoms with Crippen molar-refractivity contribution in [3.8, 4) is 5.69 Å². The van der Waals surface area contributed by atoms with Crippen LogP contribution >= 0.6 is 15.9 Å². The number of rotatable bonds is 1. The zero-order valence-corrected chi connectivity index (χ0v) is 13.1. The first kappa shape index (κ1) is 13.8. The Bertz CT molecular complexity index is 662. The number of fused-ring (bicyclic) bond motifs is 1. The molecule has 106 valence electrons. The predicted octanol–water partition coefficient (Wildman–Crippen LogP) is 4.38. The number of halogens is 2. The van der Waals surface area contributed by atoms with E-state index in [-0.39, 0.29) is 11.2 Å². The van der Waals surface area contributed by atoms with Gasteiger partial charge in [-0.15, -0.1) is 0 Å². The minimum absolute atomic E-state index is 0.0692. The molecule has 0 bridgehead atoms. The summed E-state index contributed by atoms with van der Waals surface area (Å²) >= 11 is 3.22. The lowest BCUT2D eigenvalue weighted by atomic mass is 9.75. The second-order valence-electron chi connectivity index (χ2n) is 6.25. The molecule has 0 amide bonds. The van der Waals surface area contributed by atoms with E-state index in [4.69, 9.17) is 0 Å². The molecule has 2 aromatic rings. The molecule has 20 heavy (non-hydrogen) atoms. The Labute approximate surface area is 126 Å². The lowest BCUT2D eigenvalue weighted by molar-refractivity contribution is 0.0987. The van der Waals surface area contributed by atoms with E-state index in [1.807, 2.05) is 16.8 Å². The molecule has 1 aliphatic carbocycles. The third-order valence-corrected chi connectivity index (χ3v) is 4.57. The first-order valence-corrected chi connectivity index (χ1v) is 7.50. The van der Waals surface area contributed by atoms with Gasteiger partial charge in [0.05, 0.1) is 10.6 Å². The van der Waals surface area contributed by atoms with Crippen LogP contribution in [0.1, 0.15) is 37.6 Å². The molecule has 1 aromatic carbocycles. The van der Waals surface area contributed by atoms with Crippen LogP contribution in [0.5, 0.6) is 0 Å². The molecule has 0 saturated carbocycles. The highest BCUT2D eigenvalue weighted by atomic mass is 79.9. The zero-order valence-electron chi connectivity index (χ0n) is 11.5. The van der Waals surface area contributed by atoms with Gasteiger partial charge in [-0.1, -0.05) is 13.8 Å². The second kappa shape index (κ2) is 4.71. The smallest absolute Gasteiger partial charge is 0.137 e. The van der Waals surface area contributed by atoms with Crippen molar-refractivity contribution in [1.82, 2.24) is 4.57 Å². The minimum atomic E-state index is -0.418. The molecule has 0 aliphatic heterocycles. The maximum atomic E-state index is 13.4. The summed E-state index contributed by atoms with van der Waals surface area (Å²) in [6.07, 6.45) is 3.21. The van der Waals surface area contributed by atoms with Gasteiger partial charge < -0.3 is 9.67 Å². The van der Waals surface area contributed by atoms with Gasteiger partial charge in [0.25, 0.3) is 0 Å². The Morgan fingerprint density at radius 2 is 2.10 bits per heavy atom. The fourth-order valence-electron chi connectivity index (χ4n) is 3.01. The van der Waals surface area contributed by atoms with Crippen molar-refractivity contribution in [3.05, 3.63) is 52.0 Å². The van der Waals surface area contributed by atoms with E-state index < -0.39 is 6.10 Å². The Balaban J connectivity index is 2.10. The van der Waals surface area contributed by atoms with Crippen LogP contribution in [0.4, 0.5) is 4.39 Å². The molecule has 0 saturated heterocycles. The van der Waals surface area contributed by atoms with Crippen LogP contribution in [0.2, 0.25) is 0 Å². The number of aliphatic hydroxyl groups is 1. The normalized spacial score (nSPS) is 20.8. The molecule has 0 spiro atoms. The van der Waals surface area contributed by atoms with Crippen molar-refractivity contribution in [2.45, 2.75) is 32.8 Å². The summed E-state index contributed by atoms with van der Waals surface area (Å²) in [5.74, 6) is -0.268. The van der Waals surface area contributed by atoms with Gasteiger partial charge >= 0.3 is 0 Å². The van der Waals surface area contributed by atoms with E-state index in [2.05, 4.69) is 29.8 Å². The van der Waals surface area contributed by atoms with Crippen LogP contribution in [-0.2, 0) is 6.42 Å². The quantitative estimate of drug-likeness (QED) is 0.820. The summed E-state index contributed by atoms with van der Waals surface area (Å²) in [7, 11) is 0. The third kappa shape index (κ3) is 2.31. The van der Waals surface area contributed by atoms with E-state index in [0.29, 0.717) is 4.47 Å². The summed E-state index contributed by atoms with van der Waals surface area (Å²) in [4.78, 5) is 0. The number of hydrogen-bond donors (Lipinski definition) is 1. The van der Waals surface area contributed by atoms with Crippen molar-refractivity contribution < 1.29 is 9.50 Å². The molecule has 0 fully saturated rings. The average Bonchev–Trinajstić information content (AvgIpc) is 2.75. The molecular weight excluding hydrogens is 321 g/mol. The van der Waals surface area contributed by atoms with Crippen molar-refractivity contribution in [1.29, 1.82) is 0 Å². The topological polar surface area (TPSA) is 25.2 Å². The fourth-order valence-corrected chi connectivity index (χ4v) is 3.37. The van der Waals surface area contributed by atoms with Crippen LogP contribution in [0, 0.1) is 11.2 Å². The van der Waals surface area contributed by atoms with Crippen LogP contribution in [0.15, 0.2) is 34.9 Å². The van der Waals surface area contributed by atoms with Gasteiger partial charge in [-0.2, -0.15) is 0 Å². The highest BCUT2D eigenvalue weighted by Crippen LogP contribution is 2.41. The van der Waals surface area contributed by atoms with E-state index in [1.54, 1.807) is 12.1 Å². The van der Waals surface area contributed by atoms with Gasteiger partial charge in [-0.05, 0) is 58.5 Å². The molecule has 1 atom stereocenters. The Morgan fingerprint density at radius 1 is 1.35 bits per heavy atom. The van der Waals surface area contributed by atoms with E-state index in [9.17, 15) is 9.50 Å². The molecule has 0 radical (unpaired) electrons. The largest absolute Gasteiger partial charge is 0.388 e. The summed E-state index contributed by atoms with van der Waals surface area (Å²) in [5.41, 5.74) is 3.08. The summed E-state index contributed by atoms with van der Waals surface area (Å²) < 4.78 is 15.9. The highest BCUT2D eigenvalue weighted by molar-refractivity contribution is 9.10. The fraction of sp³-hybridized carbons (Fsp3) is 0.375. The molecule has 1 aliphatic rings. The number of aliphatic hydroxyl groups excluding tert-OH is 1. The van der Waals surface area contributed by atoms with Gasteiger partial charge in [-0.25, -0.2) is 4.39 Å². The number of hydrogen-bond acceptors (Lipinski definition) is 1. The molecule has 1 N–H and O–H groups in total. The average molecular weight is 338 g/mol. The van der Waals surface area contributed by atoms with Crippen LogP contribution < -0.4 is 0 Å². The summed E-state index contributed by atoms with van der Waals surface area (Å²) in [6.45, 7) is 4.33. The second-order valence-corrected chi connectivity index (χ2v) is 7.10. The van der Waals surface area contributed by atoms with Gasteiger partial charge in [0.1, 0.15) is 5.82 Å². The van der Waals surface area contributed by atoms with Gasteiger partial charge in [0.2, 0.25) is 0 Å². The standard InChI is InChI=1S/C16H17BrFNO/c1-16(2)8-14-11(15(20)9-16)5-6-19(14)10-3-4-13(18)12(17)7-10/h3-7,15,20H,8-9H2,1-2H3. The Hall–Kier alpha value is -1.13. The van der Waals surface area contributed by atoms with Crippen LogP contribution in [-0.4, -0.2) is 9.67 Å². The van der Waals surface area contributed by atoms with E-state index >= 15 is 0 Å². The number of nitrogens with zero attached hydrogens (tertiary/aromatic N) is 1. The van der Waals surface area contributed by atoms with E-state index in [1.165, 1.54) is 6.07 Å². The molecule has 1 unspecified atom stereocenters. The first-order chi connectivity index (χ1) is 9.37. The van der Waals surface area contributed by atoms with Crippen molar-refractivity contribution in [3.63, 3.8) is 0 Å². The van der Waals surface area contributed by atoms with Crippen molar-refractivity contribution >= 4 is 15.9 Å². The molecule has 2 nitrogen and oxygen atoms in total. The lowest BCUT2D eigenvalue weighted by Crippen LogP contribution is -2.26. The SMILES string of the molecule is CC1(C)Cc2c(ccn2-c2ccc(F)c(Br)c2)C(O)C1. The molecular formula is C16H17BrFNO. The first-order valence-electron chi connectivity index (χ1n) is 6.71. The Morgan fingerprint density at radius 3 is 2.80 bits per heavy atom. The van der Waals surface area contributed by atoms with Gasteiger partial charge in [0, 0.05) is 23.1 Å². The number of benzene rings is 1. The monoisotopic (exact) mass is 337 g/mol. The van der Waals surface area contributed by atoms with Gasteiger partial charge in [-0.3, -0.25) is 0 Å². The Kier molecular flexibility index (Phi) is 3.26. The number of aromatic nitrogens is 1. The van der Waals surface area contributed by atoms with Crippen molar-refractivity contribution in [2.24, 2.45) is 5.41 Å². The van der Waals surface area contributed by atoms with Crippen LogP contribution in [0.25, 0.3) is 5.69 Å². The molecule has 1 aromatic heterocycles. The minimum Gasteiger partial charge on any atom is -0.388 e. The highest BCUT2D eigenvalue weighted by Gasteiger charge is 2.33. The summed E-state index contributed by atoms with van der Waals surface area (Å²) in [5, 5.41) is 10.3. The predicted molar refractivity (Wildman–Crippen MR) is 80.5 cm³/mol.